The molecule has 0 unspecified atom stereocenters. The Balaban J connectivity index is 1.41. The van der Waals surface area contributed by atoms with Gasteiger partial charge in [0.15, 0.2) is 0 Å². The van der Waals surface area contributed by atoms with Crippen molar-refractivity contribution in [3.05, 3.63) is 22.3 Å². The molecule has 0 bridgehead atoms. The molecule has 12 nitrogen and oxygen atoms in total. The van der Waals surface area contributed by atoms with Crippen LogP contribution in [0, 0.1) is 0 Å². The van der Waals surface area contributed by atoms with Crippen LogP contribution < -0.4 is 10.6 Å². The SMILES string of the molecule is CC1=C(CCC(=O)NCCOCCOCCNC(=O)CCC2=C(C)C(=O)OC2=O)C(=O)OC1=O. The lowest BCUT2D eigenvalue weighted by molar-refractivity contribution is -0.152. The topological polar surface area (TPSA) is 163 Å². The highest BCUT2D eigenvalue weighted by molar-refractivity contribution is 6.12. The largest absolute Gasteiger partial charge is 0.386 e. The first-order valence-corrected chi connectivity index (χ1v) is 10.8. The van der Waals surface area contributed by atoms with Crippen LogP contribution in [-0.4, -0.2) is 75.2 Å². The van der Waals surface area contributed by atoms with Crippen molar-refractivity contribution in [1.29, 1.82) is 0 Å². The maximum atomic E-state index is 11.8. The van der Waals surface area contributed by atoms with Gasteiger partial charge in [-0.15, -0.1) is 0 Å². The quantitative estimate of drug-likeness (QED) is 0.179. The molecule has 0 fully saturated rings. The third kappa shape index (κ3) is 8.19. The highest BCUT2D eigenvalue weighted by atomic mass is 16.6. The molecule has 2 rings (SSSR count). The fourth-order valence-corrected chi connectivity index (χ4v) is 3.08. The molecule has 0 aliphatic carbocycles. The molecule has 2 aliphatic heterocycles. The Morgan fingerprint density at radius 3 is 1.35 bits per heavy atom. The van der Waals surface area contributed by atoms with E-state index in [1.165, 1.54) is 13.8 Å². The van der Waals surface area contributed by atoms with Crippen LogP contribution in [-0.2, 0) is 47.7 Å². The fourth-order valence-electron chi connectivity index (χ4n) is 3.08. The molecule has 34 heavy (non-hydrogen) atoms. The maximum Gasteiger partial charge on any atom is 0.342 e. The highest BCUT2D eigenvalue weighted by Gasteiger charge is 2.30. The Morgan fingerprint density at radius 2 is 1.03 bits per heavy atom. The van der Waals surface area contributed by atoms with Crippen molar-refractivity contribution < 1.29 is 47.7 Å². The van der Waals surface area contributed by atoms with E-state index >= 15 is 0 Å². The Morgan fingerprint density at radius 1 is 0.647 bits per heavy atom. The maximum absolute atomic E-state index is 11.8. The van der Waals surface area contributed by atoms with Crippen molar-refractivity contribution in [2.75, 3.05) is 39.5 Å². The normalized spacial score (nSPS) is 15.7. The lowest BCUT2D eigenvalue weighted by Crippen LogP contribution is -2.28. The predicted octanol–water partition coefficient (Wildman–Crippen LogP) is -0.388. The van der Waals surface area contributed by atoms with Gasteiger partial charge in [0.25, 0.3) is 0 Å². The summed E-state index contributed by atoms with van der Waals surface area (Å²) in [7, 11) is 0. The lowest BCUT2D eigenvalue weighted by atomic mass is 10.1. The van der Waals surface area contributed by atoms with Crippen LogP contribution in [0.25, 0.3) is 0 Å². The molecule has 186 valence electrons. The second-order valence-corrected chi connectivity index (χ2v) is 7.49. The average molecular weight is 480 g/mol. The third-order valence-electron chi connectivity index (χ3n) is 5.09. The number of ether oxygens (including phenoxy) is 4. The molecule has 0 atom stereocenters. The number of amides is 2. The molecule has 0 spiro atoms. The number of carbonyl (C=O) groups is 6. The van der Waals surface area contributed by atoms with E-state index in [4.69, 9.17) is 9.47 Å². The van der Waals surface area contributed by atoms with Crippen molar-refractivity contribution in [2.24, 2.45) is 0 Å². The van der Waals surface area contributed by atoms with Gasteiger partial charge >= 0.3 is 23.9 Å². The van der Waals surface area contributed by atoms with Gasteiger partial charge in [-0.25, -0.2) is 19.2 Å². The monoisotopic (exact) mass is 480 g/mol. The van der Waals surface area contributed by atoms with Crippen molar-refractivity contribution in [3.8, 4) is 0 Å². The zero-order chi connectivity index (χ0) is 25.1. The van der Waals surface area contributed by atoms with Gasteiger partial charge in [-0.1, -0.05) is 0 Å². The molecule has 2 heterocycles. The van der Waals surface area contributed by atoms with E-state index in [9.17, 15) is 28.8 Å². The van der Waals surface area contributed by atoms with E-state index in [1.807, 2.05) is 0 Å². The number of carbonyl (C=O) groups excluding carboxylic acids is 6. The van der Waals surface area contributed by atoms with Gasteiger partial charge in [0.1, 0.15) is 0 Å². The van der Waals surface area contributed by atoms with Gasteiger partial charge in [-0.05, 0) is 26.7 Å². The van der Waals surface area contributed by atoms with Gasteiger partial charge in [0, 0.05) is 48.2 Å². The summed E-state index contributed by atoms with van der Waals surface area (Å²) in [5.74, 6) is -3.27. The number of hydrogen-bond donors (Lipinski definition) is 2. The van der Waals surface area contributed by atoms with Crippen molar-refractivity contribution in [2.45, 2.75) is 39.5 Å². The molecule has 0 radical (unpaired) electrons. The standard InChI is InChI=1S/C22H28N2O10/c1-13-15(21(29)33-19(13)27)3-5-17(25)23-7-9-31-11-12-32-10-8-24-18(26)6-4-16-14(2)20(28)34-22(16)30/h3-12H2,1-2H3,(H,23,25)(H,24,26). The molecule has 2 amide bonds. The van der Waals surface area contributed by atoms with E-state index in [1.54, 1.807) is 0 Å². The zero-order valence-electron chi connectivity index (χ0n) is 19.2. The van der Waals surface area contributed by atoms with E-state index in [0.717, 1.165) is 0 Å². The van der Waals surface area contributed by atoms with Gasteiger partial charge in [-0.2, -0.15) is 0 Å². The van der Waals surface area contributed by atoms with E-state index in [-0.39, 0.29) is 86.1 Å². The third-order valence-corrected chi connectivity index (χ3v) is 5.09. The summed E-state index contributed by atoms with van der Waals surface area (Å²) in [6, 6.07) is 0. The highest BCUT2D eigenvalue weighted by Crippen LogP contribution is 2.21. The van der Waals surface area contributed by atoms with Crippen LogP contribution in [0.4, 0.5) is 0 Å². The van der Waals surface area contributed by atoms with Crippen LogP contribution >= 0.6 is 0 Å². The number of rotatable bonds is 15. The summed E-state index contributed by atoms with van der Waals surface area (Å²) in [4.78, 5) is 69.0. The second kappa shape index (κ2) is 13.4. The molecule has 2 aliphatic rings. The zero-order valence-corrected chi connectivity index (χ0v) is 19.2. The minimum Gasteiger partial charge on any atom is -0.386 e. The first-order chi connectivity index (χ1) is 16.2. The molecular weight excluding hydrogens is 452 g/mol. The van der Waals surface area contributed by atoms with E-state index in [0.29, 0.717) is 13.2 Å². The summed E-state index contributed by atoms with van der Waals surface area (Å²) in [6.45, 7) is 4.69. The minimum atomic E-state index is -0.695. The smallest absolute Gasteiger partial charge is 0.342 e. The molecule has 0 aromatic heterocycles. The Bertz CT molecular complexity index is 845. The van der Waals surface area contributed by atoms with Gasteiger partial charge in [0.2, 0.25) is 11.8 Å². The molecular formula is C22H28N2O10. The predicted molar refractivity (Wildman–Crippen MR) is 114 cm³/mol. The summed E-state index contributed by atoms with van der Waals surface area (Å²) >= 11 is 0. The van der Waals surface area contributed by atoms with Crippen molar-refractivity contribution >= 4 is 35.7 Å². The number of cyclic esters (lactones) is 4. The number of nitrogens with one attached hydrogen (secondary N) is 2. The lowest BCUT2D eigenvalue weighted by Gasteiger charge is -2.08. The minimum absolute atomic E-state index is 0.0588. The summed E-state index contributed by atoms with van der Waals surface area (Å²) in [5.41, 5.74) is 0.933. The number of hydrogen-bond acceptors (Lipinski definition) is 10. The van der Waals surface area contributed by atoms with Crippen LogP contribution in [0.3, 0.4) is 0 Å². The summed E-state index contributed by atoms with van der Waals surface area (Å²) in [5, 5.41) is 5.30. The van der Waals surface area contributed by atoms with Crippen LogP contribution in [0.2, 0.25) is 0 Å². The van der Waals surface area contributed by atoms with Crippen LogP contribution in [0.15, 0.2) is 22.3 Å². The van der Waals surface area contributed by atoms with Gasteiger partial charge in [-0.3, -0.25) is 9.59 Å². The first kappa shape index (κ1) is 26.9. The summed E-state index contributed by atoms with van der Waals surface area (Å²) < 4.78 is 19.6. The fraction of sp³-hybridized carbons (Fsp3) is 0.545. The second-order valence-electron chi connectivity index (χ2n) is 7.49. The van der Waals surface area contributed by atoms with E-state index in [2.05, 4.69) is 20.1 Å². The number of esters is 4. The van der Waals surface area contributed by atoms with Gasteiger partial charge < -0.3 is 29.6 Å². The molecule has 0 aromatic carbocycles. The molecule has 12 heteroatoms. The average Bonchev–Trinajstić information content (AvgIpc) is 3.18. The molecule has 2 N–H and O–H groups in total. The first-order valence-electron chi connectivity index (χ1n) is 10.8. The van der Waals surface area contributed by atoms with Crippen LogP contribution in [0.1, 0.15) is 39.5 Å². The molecule has 0 aromatic rings. The molecule has 0 saturated carbocycles. The van der Waals surface area contributed by atoms with Gasteiger partial charge in [0.05, 0.1) is 26.4 Å². The van der Waals surface area contributed by atoms with Crippen molar-refractivity contribution in [3.63, 3.8) is 0 Å². The van der Waals surface area contributed by atoms with E-state index < -0.39 is 23.9 Å². The summed E-state index contributed by atoms with van der Waals surface area (Å²) in [6.07, 6.45) is 0.390. The Hall–Kier alpha value is -3.38. The Labute approximate surface area is 196 Å². The van der Waals surface area contributed by atoms with Crippen LogP contribution in [0.5, 0.6) is 0 Å². The van der Waals surface area contributed by atoms with Crippen molar-refractivity contribution in [1.82, 2.24) is 10.6 Å². The molecule has 0 saturated heterocycles. The Kier molecular flexibility index (Phi) is 10.6.